The topological polar surface area (TPSA) is 64.1 Å². The summed E-state index contributed by atoms with van der Waals surface area (Å²) in [6.07, 6.45) is 3.39. The molecule has 0 saturated heterocycles. The van der Waals surface area contributed by atoms with E-state index in [0.717, 1.165) is 50.1 Å². The minimum atomic E-state index is -0.399. The molecule has 8 aromatic rings. The van der Waals surface area contributed by atoms with E-state index in [0.29, 0.717) is 39.1 Å². The number of aromatic nitrogens is 3. The van der Waals surface area contributed by atoms with Gasteiger partial charge in [-0.1, -0.05) is 120 Å². The summed E-state index contributed by atoms with van der Waals surface area (Å²) in [5.74, 6) is 0.377. The second kappa shape index (κ2) is 14.7. The molecule has 3 aromatic heterocycles. The van der Waals surface area contributed by atoms with E-state index < -0.39 is 5.82 Å². The number of phenolic OH excluding ortho intramolecular Hbond substituents is 1. The Morgan fingerprint density at radius 1 is 0.764 bits per heavy atom. The van der Waals surface area contributed by atoms with Crippen LogP contribution < -0.4 is 0 Å². The Morgan fingerprint density at radius 3 is 2.16 bits per heavy atom. The van der Waals surface area contributed by atoms with Gasteiger partial charge in [0.05, 0.1) is 28.5 Å². The Kier molecular flexibility index (Phi) is 10.2. The van der Waals surface area contributed by atoms with Crippen molar-refractivity contribution >= 4 is 22.0 Å². The number of aromatic hydroxyl groups is 1. The van der Waals surface area contributed by atoms with Crippen molar-refractivity contribution in [3.63, 3.8) is 0 Å². The first-order valence-electron chi connectivity index (χ1n) is 18.5. The van der Waals surface area contributed by atoms with Crippen molar-refractivity contribution in [1.82, 2.24) is 14.5 Å². The number of fused-ring (bicyclic) bond motifs is 2. The van der Waals surface area contributed by atoms with E-state index in [-0.39, 0.29) is 44.1 Å². The summed E-state index contributed by atoms with van der Waals surface area (Å²) >= 11 is 0. The molecule has 5 nitrogen and oxygen atoms in total. The van der Waals surface area contributed by atoms with Gasteiger partial charge in [-0.05, 0) is 69.8 Å². The Labute approximate surface area is 336 Å². The van der Waals surface area contributed by atoms with Gasteiger partial charge in [-0.2, -0.15) is 0 Å². The first-order chi connectivity index (χ1) is 25.9. The molecule has 55 heavy (non-hydrogen) atoms. The molecule has 0 saturated carbocycles. The van der Waals surface area contributed by atoms with Gasteiger partial charge < -0.3 is 9.52 Å². The molecule has 280 valence electrons. The fourth-order valence-corrected chi connectivity index (χ4v) is 7.40. The molecule has 0 aliphatic carbocycles. The number of imidazole rings is 1. The van der Waals surface area contributed by atoms with Crippen molar-refractivity contribution < 1.29 is 35.0 Å². The summed E-state index contributed by atoms with van der Waals surface area (Å²) in [6, 6.07) is 37.2. The molecule has 0 amide bonds. The van der Waals surface area contributed by atoms with Crippen LogP contribution in [0.25, 0.3) is 72.6 Å². The summed E-state index contributed by atoms with van der Waals surface area (Å²) in [7, 11) is 0. The van der Waals surface area contributed by atoms with Crippen LogP contribution in [0.3, 0.4) is 0 Å². The normalized spacial score (nSPS) is 11.9. The summed E-state index contributed by atoms with van der Waals surface area (Å²) < 4.78 is 24.1. The van der Waals surface area contributed by atoms with E-state index >= 15 is 4.39 Å². The Bertz CT molecular complexity index is 2660. The van der Waals surface area contributed by atoms with Gasteiger partial charge in [-0.3, -0.25) is 9.55 Å². The molecular formula is C48H43FN3O2Pt-. The van der Waals surface area contributed by atoms with Crippen molar-refractivity contribution in [3.05, 3.63) is 144 Å². The van der Waals surface area contributed by atoms with Crippen LogP contribution in [-0.2, 0) is 26.5 Å². The van der Waals surface area contributed by atoms with Gasteiger partial charge in [0.2, 0.25) is 0 Å². The first kappa shape index (κ1) is 38.0. The second-order valence-electron chi connectivity index (χ2n) is 15.7. The molecular weight excluding hydrogens is 865 g/mol. The van der Waals surface area contributed by atoms with Crippen LogP contribution in [0.1, 0.15) is 77.0 Å². The molecule has 0 radical (unpaired) electrons. The summed E-state index contributed by atoms with van der Waals surface area (Å²) in [4.78, 5) is 10.1. The molecule has 1 N–H and O–H groups in total. The number of hydrogen-bond donors (Lipinski definition) is 1. The third-order valence-electron chi connectivity index (χ3n) is 10.3. The summed E-state index contributed by atoms with van der Waals surface area (Å²) in [6.45, 7) is 15.2. The van der Waals surface area contributed by atoms with Crippen molar-refractivity contribution in [3.8, 4) is 56.3 Å². The number of hydrogen-bond acceptors (Lipinski definition) is 4. The molecule has 0 atom stereocenters. The van der Waals surface area contributed by atoms with E-state index in [4.69, 9.17) is 14.4 Å². The van der Waals surface area contributed by atoms with E-state index in [1.165, 1.54) is 0 Å². The number of benzene rings is 5. The Balaban J connectivity index is 0.00000465. The smallest absolute Gasteiger partial charge is 0.176 e. The zero-order chi connectivity index (χ0) is 37.9. The van der Waals surface area contributed by atoms with Gasteiger partial charge in [0.15, 0.2) is 11.3 Å². The maximum atomic E-state index is 16.3. The monoisotopic (exact) mass is 907 g/mol. The molecule has 0 spiro atoms. The molecule has 0 bridgehead atoms. The second-order valence-corrected chi connectivity index (χ2v) is 15.7. The van der Waals surface area contributed by atoms with Crippen molar-refractivity contribution in [2.45, 2.75) is 65.7 Å². The molecule has 3 heterocycles. The zero-order valence-corrected chi connectivity index (χ0v) is 34.3. The van der Waals surface area contributed by atoms with Gasteiger partial charge in [0.1, 0.15) is 11.6 Å². The summed E-state index contributed by atoms with van der Waals surface area (Å²) in [5.41, 5.74) is 11.0. The van der Waals surface area contributed by atoms with E-state index in [1.54, 1.807) is 18.4 Å². The van der Waals surface area contributed by atoms with Crippen molar-refractivity contribution in [2.24, 2.45) is 0 Å². The van der Waals surface area contributed by atoms with Crippen LogP contribution in [0.2, 0.25) is 0 Å². The minimum absolute atomic E-state index is 0. The van der Waals surface area contributed by atoms with Gasteiger partial charge in [0.25, 0.3) is 0 Å². The summed E-state index contributed by atoms with van der Waals surface area (Å²) in [5, 5.41) is 12.5. The third kappa shape index (κ3) is 6.93. The molecule has 5 aromatic carbocycles. The molecule has 0 aliphatic heterocycles. The molecule has 7 heteroatoms. The first-order valence-corrected chi connectivity index (χ1v) is 18.5. The predicted molar refractivity (Wildman–Crippen MR) is 218 cm³/mol. The molecule has 0 fully saturated rings. The van der Waals surface area contributed by atoms with Crippen LogP contribution in [0.4, 0.5) is 4.39 Å². The Morgan fingerprint density at radius 2 is 1.47 bits per heavy atom. The minimum Gasteiger partial charge on any atom is -0.504 e. The average Bonchev–Trinajstić information content (AvgIpc) is 3.80. The van der Waals surface area contributed by atoms with Crippen LogP contribution in [0.15, 0.2) is 120 Å². The maximum Gasteiger partial charge on any atom is 0.176 e. The number of nitrogens with zero attached hydrogens (tertiary/aromatic N) is 3. The van der Waals surface area contributed by atoms with Crippen molar-refractivity contribution in [1.29, 1.82) is 0 Å². The standard InChI is InChI=1S/C48H43FN3O2.Pt/c1-28(2)37-14-11-15-38(29(3)4)44(37)52-42-27-36(49)26-40(43(42)51-47(52)39-17-16-31-19-21-54-46(31)45(39)53)33-22-34(24-35(23-33)48(5,6)7)41-25-32(18-20-50-41)30-12-9-8-10-13-30;/h8-21,23-29,53H,1-7H3;/q-1;. The number of pyridine rings is 1. The largest absolute Gasteiger partial charge is 0.504 e. The van der Waals surface area contributed by atoms with E-state index in [9.17, 15) is 5.11 Å². The maximum absolute atomic E-state index is 16.3. The van der Waals surface area contributed by atoms with E-state index in [2.05, 4.69) is 103 Å². The van der Waals surface area contributed by atoms with Crippen LogP contribution in [0.5, 0.6) is 5.75 Å². The van der Waals surface area contributed by atoms with Gasteiger partial charge in [-0.25, -0.2) is 9.37 Å². The number of rotatable bonds is 7. The van der Waals surface area contributed by atoms with Crippen LogP contribution >= 0.6 is 0 Å². The average molecular weight is 908 g/mol. The SMILES string of the molecule is CC(C)c1cccc(C(C)C)c1-n1c(-c2ccc3ccoc3c2O)nc2c(-c3[c-]c(-c4cc(-c5ccccc5)ccn4)cc(C(C)(C)C)c3)cc(F)cc21.[Pt]. The van der Waals surface area contributed by atoms with Gasteiger partial charge in [-0.15, -0.1) is 29.3 Å². The number of phenols is 1. The quantitative estimate of drug-likeness (QED) is 0.162. The van der Waals surface area contributed by atoms with Crippen molar-refractivity contribution in [2.75, 3.05) is 0 Å². The van der Waals surface area contributed by atoms with Gasteiger partial charge in [0, 0.05) is 38.3 Å². The third-order valence-corrected chi connectivity index (χ3v) is 10.3. The fourth-order valence-electron chi connectivity index (χ4n) is 7.40. The van der Waals surface area contributed by atoms with E-state index in [1.807, 2.05) is 53.2 Å². The van der Waals surface area contributed by atoms with Crippen LogP contribution in [0, 0.1) is 11.9 Å². The number of furan rings is 1. The predicted octanol–water partition coefficient (Wildman–Crippen LogP) is 13.0. The molecule has 8 rings (SSSR count). The molecule has 0 aliphatic rings. The van der Waals surface area contributed by atoms with Crippen LogP contribution in [-0.4, -0.2) is 19.6 Å². The fraction of sp³-hybridized carbons (Fsp3) is 0.208. The number of halogens is 1. The number of para-hydroxylation sites is 1. The molecule has 0 unspecified atom stereocenters. The zero-order valence-electron chi connectivity index (χ0n) is 32.0. The van der Waals surface area contributed by atoms with Gasteiger partial charge >= 0.3 is 0 Å². The Hall–Kier alpha value is -5.32.